The van der Waals surface area contributed by atoms with E-state index in [1.165, 1.54) is 0 Å². The highest BCUT2D eigenvalue weighted by molar-refractivity contribution is 6.42. The van der Waals surface area contributed by atoms with Crippen molar-refractivity contribution in [1.29, 1.82) is 0 Å². The van der Waals surface area contributed by atoms with Gasteiger partial charge in [-0.2, -0.15) is 0 Å². The van der Waals surface area contributed by atoms with E-state index in [1.807, 2.05) is 27.0 Å². The molecular weight excluding hydrogens is 240 g/mol. The minimum Gasteiger partial charge on any atom is -0.333 e. The molecule has 4 nitrogen and oxygen atoms in total. The summed E-state index contributed by atoms with van der Waals surface area (Å²) in [7, 11) is 2.02. The summed E-state index contributed by atoms with van der Waals surface area (Å²) in [5, 5.41) is 0. The summed E-state index contributed by atoms with van der Waals surface area (Å²) >= 11 is 0. The lowest BCUT2D eigenvalue weighted by Crippen LogP contribution is -2.49. The summed E-state index contributed by atoms with van der Waals surface area (Å²) in [5.41, 5.74) is 2.66. The second-order valence-electron chi connectivity index (χ2n) is 5.22. The van der Waals surface area contributed by atoms with Gasteiger partial charge in [0.2, 0.25) is 5.78 Å². The first-order valence-electron chi connectivity index (χ1n) is 6.58. The Morgan fingerprint density at radius 2 is 1.63 bits per heavy atom. The molecule has 0 aliphatic carbocycles. The van der Waals surface area contributed by atoms with Gasteiger partial charge in [0.25, 0.3) is 5.91 Å². The van der Waals surface area contributed by atoms with E-state index in [4.69, 9.17) is 0 Å². The zero-order valence-corrected chi connectivity index (χ0v) is 11.8. The molecule has 1 saturated heterocycles. The number of likely N-dealkylation sites (N-methyl/N-ethyl adjacent to an activating group) is 1. The standard InChI is InChI=1S/C15H20N2O2/c1-11-4-5-13(10-12(11)2)14(18)15(19)17-8-6-16(3)7-9-17/h4-5,10H,6-9H2,1-3H3. The van der Waals surface area contributed by atoms with Crippen LogP contribution in [0.2, 0.25) is 0 Å². The Bertz CT molecular complexity index is 503. The van der Waals surface area contributed by atoms with Gasteiger partial charge in [-0.15, -0.1) is 0 Å². The zero-order valence-electron chi connectivity index (χ0n) is 11.8. The largest absolute Gasteiger partial charge is 0.333 e. The maximum atomic E-state index is 12.2. The van der Waals surface area contributed by atoms with Crippen molar-refractivity contribution >= 4 is 11.7 Å². The van der Waals surface area contributed by atoms with Crippen molar-refractivity contribution in [3.05, 3.63) is 34.9 Å². The Morgan fingerprint density at radius 1 is 1.00 bits per heavy atom. The molecule has 1 amide bonds. The minimum atomic E-state index is -0.396. The van der Waals surface area contributed by atoms with Crippen molar-refractivity contribution < 1.29 is 9.59 Å². The first-order valence-corrected chi connectivity index (χ1v) is 6.58. The molecule has 4 heteroatoms. The molecule has 1 fully saturated rings. The van der Waals surface area contributed by atoms with Gasteiger partial charge in [-0.25, -0.2) is 0 Å². The van der Waals surface area contributed by atoms with E-state index in [2.05, 4.69) is 4.90 Å². The highest BCUT2D eigenvalue weighted by Gasteiger charge is 2.25. The molecule has 0 aromatic heterocycles. The molecule has 0 radical (unpaired) electrons. The molecule has 2 rings (SSSR count). The molecular formula is C15H20N2O2. The molecule has 102 valence electrons. The van der Waals surface area contributed by atoms with E-state index in [-0.39, 0.29) is 5.91 Å². The van der Waals surface area contributed by atoms with Crippen LogP contribution in [0.5, 0.6) is 0 Å². The van der Waals surface area contributed by atoms with Crippen LogP contribution < -0.4 is 0 Å². The van der Waals surface area contributed by atoms with E-state index in [0.29, 0.717) is 18.7 Å². The molecule has 1 heterocycles. The number of benzene rings is 1. The number of piperazine rings is 1. The van der Waals surface area contributed by atoms with Crippen molar-refractivity contribution in [3.8, 4) is 0 Å². The summed E-state index contributed by atoms with van der Waals surface area (Å²) < 4.78 is 0. The second-order valence-corrected chi connectivity index (χ2v) is 5.22. The van der Waals surface area contributed by atoms with Crippen molar-refractivity contribution in [3.63, 3.8) is 0 Å². The van der Waals surface area contributed by atoms with Crippen LogP contribution in [0.3, 0.4) is 0 Å². The number of carbonyl (C=O) groups excluding carboxylic acids is 2. The van der Waals surface area contributed by atoms with Gasteiger partial charge >= 0.3 is 0 Å². The lowest BCUT2D eigenvalue weighted by molar-refractivity contribution is -0.127. The summed E-state index contributed by atoms with van der Waals surface area (Å²) in [6, 6.07) is 5.42. The molecule has 0 bridgehead atoms. The molecule has 1 aliphatic heterocycles. The molecule has 0 spiro atoms. The zero-order chi connectivity index (χ0) is 14.0. The Kier molecular flexibility index (Phi) is 4.00. The van der Waals surface area contributed by atoms with Crippen molar-refractivity contribution in [1.82, 2.24) is 9.80 Å². The Labute approximate surface area is 114 Å². The van der Waals surface area contributed by atoms with Gasteiger partial charge in [0, 0.05) is 31.7 Å². The highest BCUT2D eigenvalue weighted by Crippen LogP contribution is 2.12. The number of rotatable bonds is 2. The molecule has 0 N–H and O–H groups in total. The van der Waals surface area contributed by atoms with Gasteiger partial charge in [0.1, 0.15) is 0 Å². The minimum absolute atomic E-state index is 0.378. The summed E-state index contributed by atoms with van der Waals surface area (Å²) in [5.74, 6) is -0.774. The first kappa shape index (κ1) is 13.7. The van der Waals surface area contributed by atoms with E-state index in [9.17, 15) is 9.59 Å². The number of carbonyl (C=O) groups is 2. The molecule has 1 aromatic carbocycles. The Morgan fingerprint density at radius 3 is 2.21 bits per heavy atom. The second kappa shape index (κ2) is 5.53. The van der Waals surface area contributed by atoms with E-state index < -0.39 is 5.78 Å². The third-order valence-corrected chi connectivity index (χ3v) is 3.75. The van der Waals surface area contributed by atoms with Gasteiger partial charge in [-0.3, -0.25) is 9.59 Å². The van der Waals surface area contributed by atoms with Crippen LogP contribution in [0.4, 0.5) is 0 Å². The predicted molar refractivity (Wildman–Crippen MR) is 74.3 cm³/mol. The van der Waals surface area contributed by atoms with Gasteiger partial charge in [-0.1, -0.05) is 12.1 Å². The molecule has 0 atom stereocenters. The fourth-order valence-electron chi connectivity index (χ4n) is 2.16. The molecule has 0 unspecified atom stereocenters. The first-order chi connectivity index (χ1) is 8.99. The van der Waals surface area contributed by atoms with Crippen LogP contribution in [-0.2, 0) is 4.79 Å². The number of Topliss-reactive ketones (excluding diaryl/α,β-unsaturated/α-hetero) is 1. The predicted octanol–water partition coefficient (Wildman–Crippen LogP) is 1.26. The lowest BCUT2D eigenvalue weighted by Gasteiger charge is -2.31. The molecule has 1 aromatic rings. The van der Waals surface area contributed by atoms with Crippen LogP contribution in [0, 0.1) is 13.8 Å². The van der Waals surface area contributed by atoms with Crippen molar-refractivity contribution in [2.75, 3.05) is 33.2 Å². The number of nitrogens with zero attached hydrogens (tertiary/aromatic N) is 2. The number of ketones is 1. The van der Waals surface area contributed by atoms with Crippen LogP contribution in [-0.4, -0.2) is 54.7 Å². The monoisotopic (exact) mass is 260 g/mol. The number of hydrogen-bond acceptors (Lipinski definition) is 3. The summed E-state index contributed by atoms with van der Waals surface area (Å²) in [6.07, 6.45) is 0. The number of aryl methyl sites for hydroxylation is 2. The number of amides is 1. The average Bonchev–Trinajstić information content (AvgIpc) is 2.41. The lowest BCUT2D eigenvalue weighted by atomic mass is 10.0. The van der Waals surface area contributed by atoms with E-state index in [0.717, 1.165) is 24.2 Å². The Hall–Kier alpha value is -1.68. The molecule has 19 heavy (non-hydrogen) atoms. The number of hydrogen-bond donors (Lipinski definition) is 0. The van der Waals surface area contributed by atoms with Crippen LogP contribution in [0.1, 0.15) is 21.5 Å². The summed E-state index contributed by atoms with van der Waals surface area (Å²) in [6.45, 7) is 6.86. The normalized spacial score (nSPS) is 16.5. The average molecular weight is 260 g/mol. The van der Waals surface area contributed by atoms with Gasteiger partial charge in [-0.05, 0) is 38.1 Å². The molecule has 1 aliphatic rings. The smallest absolute Gasteiger partial charge is 0.295 e. The van der Waals surface area contributed by atoms with Gasteiger partial charge < -0.3 is 9.80 Å². The molecule has 0 saturated carbocycles. The van der Waals surface area contributed by atoms with E-state index in [1.54, 1.807) is 17.0 Å². The van der Waals surface area contributed by atoms with E-state index >= 15 is 0 Å². The Balaban J connectivity index is 2.10. The van der Waals surface area contributed by atoms with Crippen LogP contribution >= 0.6 is 0 Å². The maximum absolute atomic E-state index is 12.2. The highest BCUT2D eigenvalue weighted by atomic mass is 16.2. The quantitative estimate of drug-likeness (QED) is 0.594. The van der Waals surface area contributed by atoms with Crippen LogP contribution in [0.25, 0.3) is 0 Å². The third kappa shape index (κ3) is 3.01. The third-order valence-electron chi connectivity index (χ3n) is 3.75. The summed E-state index contributed by atoms with van der Waals surface area (Å²) in [4.78, 5) is 28.2. The van der Waals surface area contributed by atoms with Crippen molar-refractivity contribution in [2.45, 2.75) is 13.8 Å². The van der Waals surface area contributed by atoms with Crippen LogP contribution in [0.15, 0.2) is 18.2 Å². The maximum Gasteiger partial charge on any atom is 0.295 e. The van der Waals surface area contributed by atoms with Crippen molar-refractivity contribution in [2.24, 2.45) is 0 Å². The van der Waals surface area contributed by atoms with Gasteiger partial charge in [0.05, 0.1) is 0 Å². The topological polar surface area (TPSA) is 40.6 Å². The van der Waals surface area contributed by atoms with Gasteiger partial charge in [0.15, 0.2) is 0 Å². The fourth-order valence-corrected chi connectivity index (χ4v) is 2.16. The fraction of sp³-hybridized carbons (Fsp3) is 0.467. The SMILES string of the molecule is Cc1ccc(C(=O)C(=O)N2CCN(C)CC2)cc1C.